The van der Waals surface area contributed by atoms with E-state index in [0.717, 1.165) is 0 Å². The van der Waals surface area contributed by atoms with E-state index < -0.39 is 23.9 Å². The molecule has 7 heteroatoms. The maximum Gasteiger partial charge on any atom is 0.353 e. The molecule has 132 valence electrons. The summed E-state index contributed by atoms with van der Waals surface area (Å²) >= 11 is 0. The van der Waals surface area contributed by atoms with Gasteiger partial charge in [-0.05, 0) is 25.1 Å². The summed E-state index contributed by atoms with van der Waals surface area (Å²) in [5.74, 6) is 2.41. The van der Waals surface area contributed by atoms with Gasteiger partial charge in [0.05, 0.1) is 17.2 Å². The molecule has 0 radical (unpaired) electrons. The van der Waals surface area contributed by atoms with Crippen molar-refractivity contribution in [1.82, 2.24) is 0 Å². The van der Waals surface area contributed by atoms with Crippen LogP contribution in [0.4, 0.5) is 5.69 Å². The zero-order chi connectivity index (χ0) is 18.8. The highest BCUT2D eigenvalue weighted by Crippen LogP contribution is 2.34. The highest BCUT2D eigenvalue weighted by molar-refractivity contribution is 7.95. The number of allylic oxidation sites excluding steroid dienone is 1. The molecule has 25 heavy (non-hydrogen) atoms. The summed E-state index contributed by atoms with van der Waals surface area (Å²) in [6, 6.07) is 4.78. The number of sulfone groups is 1. The number of hydrogen-bond acceptors (Lipinski definition) is 5. The number of hydrogen-bond donors (Lipinski definition) is 0. The summed E-state index contributed by atoms with van der Waals surface area (Å²) in [5, 5.41) is 0. The predicted octanol–water partition coefficient (Wildman–Crippen LogP) is 3.24. The normalized spacial score (nSPS) is 16.0. The summed E-state index contributed by atoms with van der Waals surface area (Å²) in [5.41, 5.74) is 4.05. The number of rotatable bonds is 2. The molecule has 0 N–H and O–H groups in total. The molecule has 1 aliphatic heterocycles. The van der Waals surface area contributed by atoms with Gasteiger partial charge in [0.2, 0.25) is 9.84 Å². The van der Waals surface area contributed by atoms with Crippen LogP contribution in [0.1, 0.15) is 18.9 Å². The van der Waals surface area contributed by atoms with E-state index in [4.69, 9.17) is 4.74 Å². The Morgan fingerprint density at radius 1 is 1.36 bits per heavy atom. The van der Waals surface area contributed by atoms with Crippen molar-refractivity contribution in [2.45, 2.75) is 37.9 Å². The summed E-state index contributed by atoms with van der Waals surface area (Å²) in [4.78, 5) is 16.2. The van der Waals surface area contributed by atoms with Gasteiger partial charge in [0.25, 0.3) is 0 Å². The van der Waals surface area contributed by atoms with Crippen LogP contribution in [0.5, 0.6) is 0 Å². The second kappa shape index (κ2) is 6.98. The van der Waals surface area contributed by atoms with Crippen LogP contribution < -0.4 is 0 Å². The largest absolute Gasteiger partial charge is 0.461 e. The van der Waals surface area contributed by atoms with E-state index in [1.807, 2.05) is 0 Å². The van der Waals surface area contributed by atoms with E-state index in [-0.39, 0.29) is 34.2 Å². The zero-order valence-corrected chi connectivity index (χ0v) is 16.7. The van der Waals surface area contributed by atoms with E-state index in [1.54, 1.807) is 19.1 Å². The molecule has 0 unspecified atom stereocenters. The smallest absolute Gasteiger partial charge is 0.353 e. The van der Waals surface area contributed by atoms with Gasteiger partial charge in [-0.25, -0.2) is 18.2 Å². The number of carbonyl (C=O) groups excluding carboxylic acids is 1. The van der Waals surface area contributed by atoms with Crippen LogP contribution in [0.15, 0.2) is 39.6 Å². The van der Waals surface area contributed by atoms with E-state index >= 15 is 0 Å². The number of fused-ring (bicyclic) bond motifs is 1. The van der Waals surface area contributed by atoms with Gasteiger partial charge in [0.15, 0.2) is 0 Å². The topological polar surface area (TPSA) is 72.8 Å². The average Bonchev–Trinajstić information content (AvgIpc) is 2.61. The Morgan fingerprint density at radius 3 is 2.64 bits per heavy atom. The molecule has 0 aliphatic carbocycles. The number of esters is 1. The Hall–Kier alpha value is -2.17. The molecule has 0 spiro atoms. The molecule has 0 bridgehead atoms. The van der Waals surface area contributed by atoms with Gasteiger partial charge in [-0.15, -0.1) is 5.54 Å². The van der Waals surface area contributed by atoms with Crippen molar-refractivity contribution in [3.63, 3.8) is 0 Å². The van der Waals surface area contributed by atoms with Gasteiger partial charge >= 0.3 is 5.97 Å². The number of benzene rings is 1. The lowest BCUT2D eigenvalue weighted by molar-refractivity contribution is -0.135. The molecular formula is C18H21NO4SSi. The first kappa shape index (κ1) is 19.2. The van der Waals surface area contributed by atoms with Gasteiger partial charge in [-0.1, -0.05) is 32.1 Å². The number of aliphatic imine (C=N–C) groups is 1. The van der Waals surface area contributed by atoms with E-state index in [1.165, 1.54) is 6.07 Å². The first-order valence-electron chi connectivity index (χ1n) is 7.89. The predicted molar refractivity (Wildman–Crippen MR) is 101 cm³/mol. The van der Waals surface area contributed by atoms with Crippen LogP contribution in [0.25, 0.3) is 0 Å². The van der Waals surface area contributed by atoms with Gasteiger partial charge in [0, 0.05) is 16.9 Å². The minimum atomic E-state index is -3.79. The quantitative estimate of drug-likeness (QED) is 0.452. The molecule has 1 aromatic rings. The molecule has 1 heterocycles. The van der Waals surface area contributed by atoms with Crippen molar-refractivity contribution in [3.05, 3.63) is 35.2 Å². The second-order valence-electron chi connectivity index (χ2n) is 6.68. The molecular weight excluding hydrogens is 354 g/mol. The minimum Gasteiger partial charge on any atom is -0.461 e. The van der Waals surface area contributed by atoms with Crippen LogP contribution in [0, 0.1) is 11.5 Å². The number of nitrogens with zero attached hydrogens (tertiary/aromatic N) is 1. The maximum atomic E-state index is 12.7. The summed E-state index contributed by atoms with van der Waals surface area (Å²) in [6.07, 6.45) is -0.161. The van der Waals surface area contributed by atoms with Crippen molar-refractivity contribution >= 4 is 35.3 Å². The van der Waals surface area contributed by atoms with Gasteiger partial charge in [-0.3, -0.25) is 0 Å². The summed E-state index contributed by atoms with van der Waals surface area (Å²) in [6.45, 7) is 11.8. The first-order valence-corrected chi connectivity index (χ1v) is 12.9. The maximum absolute atomic E-state index is 12.7. The number of carbonyl (C=O) groups is 1. The SMILES string of the molecule is C=C1CC(C(=O)OCC)=Nc2ccc(C#C[Si](C)(C)C)cc2S1(=O)=O. The molecule has 2 rings (SSSR count). The van der Waals surface area contributed by atoms with Crippen molar-refractivity contribution in [1.29, 1.82) is 0 Å². The number of ether oxygens (including phenoxy) is 1. The van der Waals surface area contributed by atoms with E-state index in [2.05, 4.69) is 42.7 Å². The molecule has 0 atom stereocenters. The molecule has 0 amide bonds. The lowest BCUT2D eigenvalue weighted by Gasteiger charge is -2.07. The molecule has 0 saturated heterocycles. The van der Waals surface area contributed by atoms with Crippen LogP contribution in [0.2, 0.25) is 19.6 Å². The van der Waals surface area contributed by atoms with Crippen LogP contribution in [-0.2, 0) is 19.4 Å². The standard InChI is InChI=1S/C18H21NO4SSi/c1-6-23-18(20)16-11-13(2)24(21,22)17-12-14(7-8-15(17)19-16)9-10-25(3,4)5/h7-8,12H,2,6,11H2,1,3-5H3. The third-order valence-electron chi connectivity index (χ3n) is 3.34. The molecule has 1 aliphatic rings. The summed E-state index contributed by atoms with van der Waals surface area (Å²) < 4.78 is 30.4. The Bertz CT molecular complexity index is 928. The van der Waals surface area contributed by atoms with Crippen molar-refractivity contribution < 1.29 is 17.9 Å². The van der Waals surface area contributed by atoms with Crippen molar-refractivity contribution in [2.75, 3.05) is 6.61 Å². The minimum absolute atomic E-state index is 0.0270. The van der Waals surface area contributed by atoms with Gasteiger partial charge in [-0.2, -0.15) is 0 Å². The van der Waals surface area contributed by atoms with Crippen LogP contribution >= 0.6 is 0 Å². The molecule has 5 nitrogen and oxygen atoms in total. The van der Waals surface area contributed by atoms with Gasteiger partial charge in [0.1, 0.15) is 13.8 Å². The van der Waals surface area contributed by atoms with Crippen molar-refractivity contribution in [3.8, 4) is 11.5 Å². The van der Waals surface area contributed by atoms with Crippen molar-refractivity contribution in [2.24, 2.45) is 4.99 Å². The summed E-state index contributed by atoms with van der Waals surface area (Å²) in [7, 11) is -5.37. The highest BCUT2D eigenvalue weighted by atomic mass is 32.2. The fraction of sp³-hybridized carbons (Fsp3) is 0.333. The zero-order valence-electron chi connectivity index (χ0n) is 14.8. The highest BCUT2D eigenvalue weighted by Gasteiger charge is 2.30. The third-order valence-corrected chi connectivity index (χ3v) is 6.03. The Labute approximate surface area is 149 Å². The first-order chi connectivity index (χ1) is 11.5. The molecule has 1 aromatic carbocycles. The van der Waals surface area contributed by atoms with Crippen LogP contribution in [-0.4, -0.2) is 34.8 Å². The Balaban J connectivity index is 2.60. The Morgan fingerprint density at radius 2 is 2.04 bits per heavy atom. The Kier molecular flexibility index (Phi) is 5.35. The monoisotopic (exact) mass is 375 g/mol. The van der Waals surface area contributed by atoms with E-state index in [0.29, 0.717) is 5.56 Å². The fourth-order valence-electron chi connectivity index (χ4n) is 2.11. The molecule has 0 aromatic heterocycles. The molecule has 0 saturated carbocycles. The fourth-order valence-corrected chi connectivity index (χ4v) is 3.94. The van der Waals surface area contributed by atoms with E-state index in [9.17, 15) is 13.2 Å². The average molecular weight is 376 g/mol. The lowest BCUT2D eigenvalue weighted by atomic mass is 10.2. The molecule has 0 fully saturated rings. The lowest BCUT2D eigenvalue weighted by Crippen LogP contribution is -2.18. The third kappa shape index (κ3) is 4.47. The van der Waals surface area contributed by atoms with Crippen LogP contribution in [0.3, 0.4) is 0 Å². The second-order valence-corrected chi connectivity index (χ2v) is 13.5. The van der Waals surface area contributed by atoms with Gasteiger partial charge < -0.3 is 4.74 Å².